The van der Waals surface area contributed by atoms with Crippen LogP contribution in [0.1, 0.15) is 27.2 Å². The minimum atomic E-state index is 0.462. The molecule has 1 aliphatic rings. The first-order valence-electron chi connectivity index (χ1n) is 6.27. The van der Waals surface area contributed by atoms with Crippen molar-refractivity contribution in [2.45, 2.75) is 33.3 Å². The quantitative estimate of drug-likeness (QED) is 0.675. The molecule has 1 atom stereocenters. The van der Waals surface area contributed by atoms with Crippen LogP contribution in [0, 0.1) is 5.92 Å². The Labute approximate surface area is 94.2 Å². The summed E-state index contributed by atoms with van der Waals surface area (Å²) in [4.78, 5) is 2.50. The van der Waals surface area contributed by atoms with E-state index in [1.54, 1.807) is 0 Å². The zero-order valence-electron chi connectivity index (χ0n) is 10.5. The topological polar surface area (TPSA) is 24.5 Å². The molecule has 0 spiro atoms. The van der Waals surface area contributed by atoms with Gasteiger partial charge < -0.3 is 10.1 Å². The fourth-order valence-corrected chi connectivity index (χ4v) is 1.86. The van der Waals surface area contributed by atoms with Crippen LogP contribution in [0.4, 0.5) is 0 Å². The first-order chi connectivity index (χ1) is 7.22. The smallest absolute Gasteiger partial charge is 0.0700 e. The van der Waals surface area contributed by atoms with E-state index in [0.717, 1.165) is 51.7 Å². The van der Waals surface area contributed by atoms with Crippen LogP contribution in [-0.2, 0) is 4.74 Å². The normalized spacial score (nSPS) is 23.6. The largest absolute Gasteiger partial charge is 0.376 e. The van der Waals surface area contributed by atoms with Gasteiger partial charge in [0, 0.05) is 26.2 Å². The van der Waals surface area contributed by atoms with E-state index in [1.807, 2.05) is 0 Å². The van der Waals surface area contributed by atoms with Crippen LogP contribution in [0.5, 0.6) is 0 Å². The van der Waals surface area contributed by atoms with Gasteiger partial charge in [0.1, 0.15) is 0 Å². The highest BCUT2D eigenvalue weighted by Crippen LogP contribution is 2.07. The maximum absolute atomic E-state index is 5.64. The number of morpholine rings is 1. The number of rotatable bonds is 6. The summed E-state index contributed by atoms with van der Waals surface area (Å²) in [6, 6.07) is 0. The predicted molar refractivity (Wildman–Crippen MR) is 64.2 cm³/mol. The summed E-state index contributed by atoms with van der Waals surface area (Å²) >= 11 is 0. The average molecular weight is 214 g/mol. The number of nitrogens with one attached hydrogen (secondary N) is 1. The summed E-state index contributed by atoms with van der Waals surface area (Å²) in [6.07, 6.45) is 1.60. The zero-order chi connectivity index (χ0) is 11.1. The predicted octanol–water partition coefficient (Wildman–Crippen LogP) is 1.34. The fourth-order valence-electron chi connectivity index (χ4n) is 1.86. The second kappa shape index (κ2) is 7.20. The molecule has 1 N–H and O–H groups in total. The lowest BCUT2D eigenvalue weighted by Gasteiger charge is -2.32. The van der Waals surface area contributed by atoms with Gasteiger partial charge in [-0.3, -0.25) is 4.90 Å². The molecule has 1 heterocycles. The first-order valence-corrected chi connectivity index (χ1v) is 6.27. The van der Waals surface area contributed by atoms with Crippen LogP contribution in [0.3, 0.4) is 0 Å². The van der Waals surface area contributed by atoms with E-state index >= 15 is 0 Å². The second-order valence-corrected chi connectivity index (χ2v) is 4.80. The summed E-state index contributed by atoms with van der Waals surface area (Å²) in [5.41, 5.74) is 0. The molecular weight excluding hydrogens is 188 g/mol. The molecule has 0 aromatic heterocycles. The second-order valence-electron chi connectivity index (χ2n) is 4.80. The molecule has 0 saturated carbocycles. The van der Waals surface area contributed by atoms with Crippen molar-refractivity contribution in [3.05, 3.63) is 0 Å². The van der Waals surface area contributed by atoms with Gasteiger partial charge in [-0.05, 0) is 18.9 Å². The van der Waals surface area contributed by atoms with Crippen molar-refractivity contribution in [3.63, 3.8) is 0 Å². The zero-order valence-corrected chi connectivity index (χ0v) is 10.5. The third-order valence-corrected chi connectivity index (χ3v) is 2.84. The minimum Gasteiger partial charge on any atom is -0.376 e. The van der Waals surface area contributed by atoms with Gasteiger partial charge in [0.25, 0.3) is 0 Å². The average Bonchev–Trinajstić information content (AvgIpc) is 2.24. The van der Waals surface area contributed by atoms with E-state index in [9.17, 15) is 0 Å². The van der Waals surface area contributed by atoms with Crippen LogP contribution in [0.25, 0.3) is 0 Å². The Balaban J connectivity index is 2.05. The van der Waals surface area contributed by atoms with Crippen molar-refractivity contribution >= 4 is 0 Å². The van der Waals surface area contributed by atoms with Gasteiger partial charge in [0.15, 0.2) is 0 Å². The van der Waals surface area contributed by atoms with Gasteiger partial charge in [0.05, 0.1) is 12.7 Å². The molecule has 0 amide bonds. The third-order valence-electron chi connectivity index (χ3n) is 2.84. The molecule has 0 bridgehead atoms. The lowest BCUT2D eigenvalue weighted by Crippen LogP contribution is -2.45. The highest BCUT2D eigenvalue weighted by molar-refractivity contribution is 4.70. The SMILES string of the molecule is CCC1CN(CCNCC(C)C)CCO1. The highest BCUT2D eigenvalue weighted by atomic mass is 16.5. The molecule has 90 valence electrons. The fraction of sp³-hybridized carbons (Fsp3) is 1.00. The molecule has 1 unspecified atom stereocenters. The van der Waals surface area contributed by atoms with Crippen LogP contribution < -0.4 is 5.32 Å². The minimum absolute atomic E-state index is 0.462. The van der Waals surface area contributed by atoms with E-state index in [-0.39, 0.29) is 0 Å². The van der Waals surface area contributed by atoms with E-state index in [2.05, 4.69) is 31.0 Å². The Bertz CT molecular complexity index is 162. The van der Waals surface area contributed by atoms with E-state index < -0.39 is 0 Å². The van der Waals surface area contributed by atoms with Crippen LogP contribution in [0.15, 0.2) is 0 Å². The van der Waals surface area contributed by atoms with Gasteiger partial charge >= 0.3 is 0 Å². The van der Waals surface area contributed by atoms with Gasteiger partial charge in [-0.15, -0.1) is 0 Å². The maximum Gasteiger partial charge on any atom is 0.0700 e. The Morgan fingerprint density at radius 2 is 2.27 bits per heavy atom. The molecular formula is C12H26N2O. The number of hydrogen-bond acceptors (Lipinski definition) is 3. The van der Waals surface area contributed by atoms with Crippen LogP contribution >= 0.6 is 0 Å². The summed E-state index contributed by atoms with van der Waals surface area (Å²) < 4.78 is 5.64. The Morgan fingerprint density at radius 3 is 2.93 bits per heavy atom. The number of hydrogen-bond donors (Lipinski definition) is 1. The van der Waals surface area contributed by atoms with Crippen LogP contribution in [-0.4, -0.2) is 50.3 Å². The van der Waals surface area contributed by atoms with E-state index in [1.165, 1.54) is 0 Å². The molecule has 0 aromatic carbocycles. The van der Waals surface area contributed by atoms with Crippen molar-refractivity contribution < 1.29 is 4.74 Å². The summed E-state index contributed by atoms with van der Waals surface area (Å²) in [5, 5.41) is 3.48. The molecule has 0 aromatic rings. The van der Waals surface area contributed by atoms with Crippen LogP contribution in [0.2, 0.25) is 0 Å². The third kappa shape index (κ3) is 5.50. The molecule has 1 rings (SSSR count). The van der Waals surface area contributed by atoms with Crippen molar-refractivity contribution in [1.29, 1.82) is 0 Å². The van der Waals surface area contributed by atoms with Crippen molar-refractivity contribution in [1.82, 2.24) is 10.2 Å². The lowest BCUT2D eigenvalue weighted by atomic mass is 10.2. The Hall–Kier alpha value is -0.120. The van der Waals surface area contributed by atoms with Crippen molar-refractivity contribution in [2.75, 3.05) is 39.3 Å². The van der Waals surface area contributed by atoms with Gasteiger partial charge in [-0.2, -0.15) is 0 Å². The van der Waals surface area contributed by atoms with Gasteiger partial charge in [-0.25, -0.2) is 0 Å². The van der Waals surface area contributed by atoms with Crippen molar-refractivity contribution in [3.8, 4) is 0 Å². The molecule has 3 nitrogen and oxygen atoms in total. The standard InChI is InChI=1S/C12H26N2O/c1-4-12-10-14(7-8-15-12)6-5-13-9-11(2)3/h11-13H,4-10H2,1-3H3. The summed E-state index contributed by atoms with van der Waals surface area (Å²) in [7, 11) is 0. The Morgan fingerprint density at radius 1 is 1.47 bits per heavy atom. The highest BCUT2D eigenvalue weighted by Gasteiger charge is 2.17. The van der Waals surface area contributed by atoms with E-state index in [0.29, 0.717) is 6.10 Å². The molecule has 0 radical (unpaired) electrons. The Kier molecular flexibility index (Phi) is 6.22. The molecule has 3 heteroatoms. The number of nitrogens with zero attached hydrogens (tertiary/aromatic N) is 1. The number of ether oxygens (including phenoxy) is 1. The molecule has 1 fully saturated rings. The molecule has 15 heavy (non-hydrogen) atoms. The van der Waals surface area contributed by atoms with Crippen molar-refractivity contribution in [2.24, 2.45) is 5.92 Å². The molecule has 1 aliphatic heterocycles. The summed E-state index contributed by atoms with van der Waals surface area (Å²) in [6.45, 7) is 13.2. The first kappa shape index (κ1) is 12.9. The molecule has 1 saturated heterocycles. The van der Waals surface area contributed by atoms with Gasteiger partial charge in [-0.1, -0.05) is 20.8 Å². The maximum atomic E-state index is 5.64. The monoisotopic (exact) mass is 214 g/mol. The lowest BCUT2D eigenvalue weighted by molar-refractivity contribution is -0.0291. The van der Waals surface area contributed by atoms with E-state index in [4.69, 9.17) is 4.74 Å². The van der Waals surface area contributed by atoms with Gasteiger partial charge in [0.2, 0.25) is 0 Å². The molecule has 0 aliphatic carbocycles. The summed E-state index contributed by atoms with van der Waals surface area (Å²) in [5.74, 6) is 0.748.